The molecule has 2 heterocycles. The van der Waals surface area contributed by atoms with E-state index >= 15 is 0 Å². The van der Waals surface area contributed by atoms with E-state index < -0.39 is 0 Å². The fraction of sp³-hybridized carbons (Fsp3) is 0.611. The normalized spacial score (nSPS) is 23.0. The molecule has 3 rings (SSSR count). The Morgan fingerprint density at radius 2 is 2.26 bits per heavy atom. The molecule has 2 aliphatic rings. The minimum absolute atomic E-state index is 0.100. The van der Waals surface area contributed by atoms with E-state index in [0.717, 1.165) is 44.8 Å². The van der Waals surface area contributed by atoms with Gasteiger partial charge in [-0.3, -0.25) is 4.79 Å². The average Bonchev–Trinajstić information content (AvgIpc) is 2.53. The number of benzene rings is 1. The van der Waals surface area contributed by atoms with Gasteiger partial charge < -0.3 is 20.3 Å². The lowest BCUT2D eigenvalue weighted by Crippen LogP contribution is -2.53. The van der Waals surface area contributed by atoms with Crippen molar-refractivity contribution in [3.05, 3.63) is 24.3 Å². The van der Waals surface area contributed by atoms with Gasteiger partial charge in [0.1, 0.15) is 5.75 Å². The smallest absolute Gasteiger partial charge is 0.223 e. The van der Waals surface area contributed by atoms with E-state index in [1.54, 1.807) is 7.11 Å². The lowest BCUT2D eigenvalue weighted by molar-refractivity contribution is -0.127. The number of nitrogens with zero attached hydrogens (tertiary/aromatic N) is 1. The number of nitrogens with one attached hydrogen (secondary N) is 2. The standard InChI is InChI=1S/C18H27N3O2/c1-13(14-10-19-11-14)18(22)20-15-5-4-8-21(12-15)16-6-3-7-17(9-16)23-2/h3,6-7,9,13-15,19H,4-5,8,10-12H2,1-2H3,(H,20,22). The van der Waals surface area contributed by atoms with Gasteiger partial charge in [0.25, 0.3) is 0 Å². The highest BCUT2D eigenvalue weighted by Gasteiger charge is 2.30. The number of methoxy groups -OCH3 is 1. The Morgan fingerprint density at radius 1 is 1.43 bits per heavy atom. The van der Waals surface area contributed by atoms with Crippen molar-refractivity contribution in [2.45, 2.75) is 25.8 Å². The second kappa shape index (κ2) is 7.21. The van der Waals surface area contributed by atoms with E-state index in [0.29, 0.717) is 5.92 Å². The highest BCUT2D eigenvalue weighted by molar-refractivity contribution is 5.79. The third kappa shape index (κ3) is 3.78. The summed E-state index contributed by atoms with van der Waals surface area (Å²) >= 11 is 0. The van der Waals surface area contributed by atoms with Gasteiger partial charge in [0.15, 0.2) is 0 Å². The lowest BCUT2D eigenvalue weighted by atomic mass is 9.88. The minimum Gasteiger partial charge on any atom is -0.497 e. The number of amides is 1. The predicted molar refractivity (Wildman–Crippen MR) is 91.9 cm³/mol. The van der Waals surface area contributed by atoms with Gasteiger partial charge in [-0.25, -0.2) is 0 Å². The summed E-state index contributed by atoms with van der Waals surface area (Å²) in [6.45, 7) is 5.88. The van der Waals surface area contributed by atoms with Crippen LogP contribution < -0.4 is 20.3 Å². The van der Waals surface area contributed by atoms with Gasteiger partial charge >= 0.3 is 0 Å². The Hall–Kier alpha value is -1.75. The molecule has 0 aliphatic carbocycles. The van der Waals surface area contributed by atoms with E-state index in [1.165, 1.54) is 5.69 Å². The van der Waals surface area contributed by atoms with Crippen LogP contribution in [0.5, 0.6) is 5.75 Å². The second-order valence-electron chi connectivity index (χ2n) is 6.70. The molecule has 0 saturated carbocycles. The van der Waals surface area contributed by atoms with Crippen LogP contribution in [0.25, 0.3) is 0 Å². The third-order valence-electron chi connectivity index (χ3n) is 5.12. The molecule has 0 bridgehead atoms. The Labute approximate surface area is 138 Å². The largest absolute Gasteiger partial charge is 0.497 e. The van der Waals surface area contributed by atoms with Crippen LogP contribution in [-0.4, -0.2) is 45.2 Å². The van der Waals surface area contributed by atoms with Crippen LogP contribution >= 0.6 is 0 Å². The van der Waals surface area contributed by atoms with Crippen molar-refractivity contribution >= 4 is 11.6 Å². The predicted octanol–water partition coefficient (Wildman–Crippen LogP) is 1.64. The van der Waals surface area contributed by atoms with Crippen LogP contribution in [0.1, 0.15) is 19.8 Å². The molecule has 23 heavy (non-hydrogen) atoms. The molecular formula is C18H27N3O2. The molecule has 0 spiro atoms. The number of carbonyl (C=O) groups excluding carboxylic acids is 1. The summed E-state index contributed by atoms with van der Waals surface area (Å²) in [4.78, 5) is 14.8. The number of hydrogen-bond acceptors (Lipinski definition) is 4. The van der Waals surface area contributed by atoms with E-state index in [-0.39, 0.29) is 17.9 Å². The Bertz CT molecular complexity index is 545. The number of piperidine rings is 1. The molecule has 2 atom stereocenters. The molecule has 2 saturated heterocycles. The molecule has 2 N–H and O–H groups in total. The van der Waals surface area contributed by atoms with Crippen molar-refractivity contribution in [2.24, 2.45) is 11.8 Å². The first-order valence-electron chi connectivity index (χ1n) is 8.57. The zero-order valence-electron chi connectivity index (χ0n) is 14.0. The van der Waals surface area contributed by atoms with Crippen LogP contribution in [0.4, 0.5) is 5.69 Å². The van der Waals surface area contributed by atoms with Crippen molar-refractivity contribution in [1.82, 2.24) is 10.6 Å². The lowest BCUT2D eigenvalue weighted by Gasteiger charge is -2.37. The Morgan fingerprint density at radius 3 is 2.96 bits per heavy atom. The zero-order valence-corrected chi connectivity index (χ0v) is 14.0. The van der Waals surface area contributed by atoms with Crippen LogP contribution in [0, 0.1) is 11.8 Å². The van der Waals surface area contributed by atoms with Crippen LogP contribution in [0.2, 0.25) is 0 Å². The quantitative estimate of drug-likeness (QED) is 0.867. The minimum atomic E-state index is 0.100. The highest BCUT2D eigenvalue weighted by Crippen LogP contribution is 2.24. The van der Waals surface area contributed by atoms with E-state index in [9.17, 15) is 4.79 Å². The maximum Gasteiger partial charge on any atom is 0.223 e. The van der Waals surface area contributed by atoms with Crippen LogP contribution in [-0.2, 0) is 4.79 Å². The molecule has 126 valence electrons. The summed E-state index contributed by atoms with van der Waals surface area (Å²) in [6, 6.07) is 8.38. The fourth-order valence-corrected chi connectivity index (χ4v) is 3.35. The monoisotopic (exact) mass is 317 g/mol. The molecule has 2 unspecified atom stereocenters. The summed E-state index contributed by atoms with van der Waals surface area (Å²) in [5, 5.41) is 6.50. The van der Waals surface area contributed by atoms with Gasteiger partial charge in [0.05, 0.1) is 7.11 Å². The Kier molecular flexibility index (Phi) is 5.06. The van der Waals surface area contributed by atoms with Crippen molar-refractivity contribution in [2.75, 3.05) is 38.2 Å². The molecule has 1 amide bonds. The molecule has 5 heteroatoms. The van der Waals surface area contributed by atoms with Gasteiger partial charge in [0, 0.05) is 36.8 Å². The number of hydrogen-bond donors (Lipinski definition) is 2. The van der Waals surface area contributed by atoms with Crippen LogP contribution in [0.15, 0.2) is 24.3 Å². The molecule has 1 aromatic rings. The van der Waals surface area contributed by atoms with E-state index in [1.807, 2.05) is 19.1 Å². The van der Waals surface area contributed by atoms with E-state index in [4.69, 9.17) is 4.74 Å². The number of ether oxygens (including phenoxy) is 1. The summed E-state index contributed by atoms with van der Waals surface area (Å²) in [5.41, 5.74) is 1.17. The van der Waals surface area contributed by atoms with Gasteiger partial charge in [0.2, 0.25) is 5.91 Å². The first-order valence-corrected chi connectivity index (χ1v) is 8.57. The van der Waals surface area contributed by atoms with Gasteiger partial charge in [-0.15, -0.1) is 0 Å². The molecule has 0 radical (unpaired) electrons. The summed E-state index contributed by atoms with van der Waals surface area (Å²) in [7, 11) is 1.69. The summed E-state index contributed by atoms with van der Waals surface area (Å²) < 4.78 is 5.31. The first kappa shape index (κ1) is 16.1. The maximum atomic E-state index is 12.4. The maximum absolute atomic E-state index is 12.4. The van der Waals surface area contributed by atoms with E-state index in [2.05, 4.69) is 27.7 Å². The summed E-state index contributed by atoms with van der Waals surface area (Å²) in [5.74, 6) is 1.67. The molecule has 2 fully saturated rings. The Balaban J connectivity index is 1.58. The second-order valence-corrected chi connectivity index (χ2v) is 6.70. The molecule has 2 aliphatic heterocycles. The first-order chi connectivity index (χ1) is 11.2. The van der Waals surface area contributed by atoms with Gasteiger partial charge in [-0.1, -0.05) is 13.0 Å². The topological polar surface area (TPSA) is 53.6 Å². The van der Waals surface area contributed by atoms with Crippen molar-refractivity contribution < 1.29 is 9.53 Å². The van der Waals surface area contributed by atoms with Gasteiger partial charge in [-0.2, -0.15) is 0 Å². The number of anilines is 1. The SMILES string of the molecule is COc1cccc(N2CCCC(NC(=O)C(C)C3CNC3)C2)c1. The molecule has 1 aromatic carbocycles. The molecular weight excluding hydrogens is 290 g/mol. The van der Waals surface area contributed by atoms with Gasteiger partial charge in [-0.05, 0) is 44.0 Å². The van der Waals surface area contributed by atoms with Crippen molar-refractivity contribution in [3.8, 4) is 5.75 Å². The third-order valence-corrected chi connectivity index (χ3v) is 5.12. The van der Waals surface area contributed by atoms with Crippen LogP contribution in [0.3, 0.4) is 0 Å². The average molecular weight is 317 g/mol. The molecule has 5 nitrogen and oxygen atoms in total. The highest BCUT2D eigenvalue weighted by atomic mass is 16.5. The zero-order chi connectivity index (χ0) is 16.2. The van der Waals surface area contributed by atoms with Crippen molar-refractivity contribution in [1.29, 1.82) is 0 Å². The van der Waals surface area contributed by atoms with Crippen molar-refractivity contribution in [3.63, 3.8) is 0 Å². The number of carbonyl (C=O) groups is 1. The fourth-order valence-electron chi connectivity index (χ4n) is 3.35. The number of rotatable bonds is 5. The molecule has 0 aromatic heterocycles. The summed E-state index contributed by atoms with van der Waals surface area (Å²) in [6.07, 6.45) is 2.16.